The van der Waals surface area contributed by atoms with Crippen LogP contribution in [0.2, 0.25) is 6.82 Å². The van der Waals surface area contributed by atoms with E-state index >= 15 is 0 Å². The van der Waals surface area contributed by atoms with Crippen molar-refractivity contribution in [3.05, 3.63) is 254 Å². The largest absolute Gasteiger partial charge is 1.00 e. The summed E-state index contributed by atoms with van der Waals surface area (Å²) in [6.45, 7) is 7.99. The van der Waals surface area contributed by atoms with Gasteiger partial charge in [0.2, 0.25) is 5.52 Å². The Morgan fingerprint density at radius 3 is 1.21 bits per heavy atom. The monoisotopic (exact) mass is 995 g/mol. The molecule has 1 N–H and O–H groups in total. The average molecular weight is 996 g/mol. The van der Waals surface area contributed by atoms with Crippen LogP contribution in [0, 0.1) is 13.8 Å². The average Bonchev–Trinajstić information content (AvgIpc) is 3.99. The quantitative estimate of drug-likeness (QED) is 0.100. The molecule has 363 valence electrons. The fraction of sp³-hybridized carbons (Fsp3) is 0.0597. The molecular formula is C67H56BLiN5OP+. The Kier molecular flexibility index (Phi) is 16.2. The van der Waals surface area contributed by atoms with Crippen LogP contribution in [0.4, 0.5) is 0 Å². The number of aryl methyl sites for hydroxylation is 2. The van der Waals surface area contributed by atoms with E-state index in [1.54, 1.807) is 18.3 Å². The smallest absolute Gasteiger partial charge is 0.868 e. The van der Waals surface area contributed by atoms with Gasteiger partial charge in [-0.25, -0.2) is 4.98 Å². The Morgan fingerprint density at radius 1 is 0.434 bits per heavy atom. The third-order valence-electron chi connectivity index (χ3n) is 13.3. The van der Waals surface area contributed by atoms with E-state index < -0.39 is 0 Å². The summed E-state index contributed by atoms with van der Waals surface area (Å²) in [6, 6.07) is 82.3. The van der Waals surface area contributed by atoms with E-state index in [0.29, 0.717) is 5.52 Å². The van der Waals surface area contributed by atoms with Crippen LogP contribution < -0.4 is 29.0 Å². The maximum Gasteiger partial charge on any atom is 1.00 e. The number of hydrogen-bond donors (Lipinski definition) is 0. The summed E-state index contributed by atoms with van der Waals surface area (Å²) in [5.74, 6) is 0.0445. The number of fused-ring (bicyclic) bond motifs is 10. The second kappa shape index (κ2) is 23.5. The Bertz CT molecular complexity index is 3970. The van der Waals surface area contributed by atoms with Crippen molar-refractivity contribution in [3.8, 4) is 39.4 Å². The van der Waals surface area contributed by atoms with Crippen LogP contribution in [0.5, 0.6) is 5.75 Å². The number of hydrogen-bond acceptors (Lipinski definition) is 3. The zero-order chi connectivity index (χ0) is 50.5. The van der Waals surface area contributed by atoms with E-state index in [2.05, 4.69) is 231 Å². The van der Waals surface area contributed by atoms with Gasteiger partial charge in [-0.2, -0.15) is 9.12 Å². The second-order valence-corrected chi connectivity index (χ2v) is 18.9. The van der Waals surface area contributed by atoms with Crippen LogP contribution >= 0.6 is 9.12 Å². The zero-order valence-electron chi connectivity index (χ0n) is 42.4. The summed E-state index contributed by atoms with van der Waals surface area (Å²) in [5.41, 5.74) is 16.7. The van der Waals surface area contributed by atoms with Crippen LogP contribution in [0.25, 0.3) is 110 Å². The minimum Gasteiger partial charge on any atom is -0.868 e. The van der Waals surface area contributed by atoms with Gasteiger partial charge < -0.3 is 14.2 Å². The van der Waals surface area contributed by atoms with Gasteiger partial charge in [-0.05, 0) is 109 Å². The molecule has 0 aliphatic heterocycles. The summed E-state index contributed by atoms with van der Waals surface area (Å²) in [6.07, 6.45) is 1.75. The molecule has 5 aromatic heterocycles. The first-order valence-corrected chi connectivity index (χ1v) is 25.5. The van der Waals surface area contributed by atoms with E-state index in [0.717, 1.165) is 38.6 Å². The normalized spacial score (nSPS) is 10.7. The number of aromatic nitrogens is 5. The molecule has 9 heteroatoms. The van der Waals surface area contributed by atoms with Crippen molar-refractivity contribution in [2.75, 3.05) is 0 Å². The molecule has 0 bridgehead atoms. The SMILES string of the molecule is C.C[B]P.Cc1cc(-c2ccccc2)c2ccc3c(-c4ccccc4)cc(C)nc3c2n1.[Li+].[O-]c1cccc2ccc[nH+]c12.c1cc(-n2c3ccccc3c3ccccc32)cc(-n2c3ccccc3c3ccccc32)c1. The molecule has 14 rings (SSSR count). The molecule has 0 spiro atoms. The molecule has 5 heterocycles. The fourth-order valence-corrected chi connectivity index (χ4v) is 10.2. The van der Waals surface area contributed by atoms with Crippen LogP contribution in [0.3, 0.4) is 0 Å². The van der Waals surface area contributed by atoms with Crippen molar-refractivity contribution in [3.63, 3.8) is 0 Å². The Morgan fingerprint density at radius 2 is 0.803 bits per heavy atom. The van der Waals surface area contributed by atoms with Crippen molar-refractivity contribution >= 4 is 92.4 Å². The fourth-order valence-electron chi connectivity index (χ4n) is 10.2. The number of aromatic amines is 1. The van der Waals surface area contributed by atoms with Gasteiger partial charge >= 0.3 is 18.9 Å². The van der Waals surface area contributed by atoms with Gasteiger partial charge in [-0.15, -0.1) is 0 Å². The molecule has 0 aliphatic carbocycles. The van der Waals surface area contributed by atoms with Gasteiger partial charge in [-0.3, -0.25) is 9.97 Å². The van der Waals surface area contributed by atoms with Gasteiger partial charge in [0.25, 0.3) is 0 Å². The molecule has 1 radical (unpaired) electrons. The topological polar surface area (TPSA) is 72.8 Å². The van der Waals surface area contributed by atoms with E-state index in [9.17, 15) is 5.11 Å². The Balaban J connectivity index is 0.000000146. The summed E-state index contributed by atoms with van der Waals surface area (Å²) in [4.78, 5) is 12.7. The molecule has 0 saturated carbocycles. The molecule has 0 fully saturated rings. The predicted molar refractivity (Wildman–Crippen MR) is 321 cm³/mol. The Labute approximate surface area is 459 Å². The van der Waals surface area contributed by atoms with Crippen LogP contribution in [0.15, 0.2) is 243 Å². The van der Waals surface area contributed by atoms with Crippen molar-refractivity contribution in [2.24, 2.45) is 0 Å². The first-order valence-electron chi connectivity index (χ1n) is 24.9. The second-order valence-electron chi connectivity index (χ2n) is 18.2. The molecule has 76 heavy (non-hydrogen) atoms. The van der Waals surface area contributed by atoms with Crippen molar-refractivity contribution in [1.29, 1.82) is 0 Å². The number of pyridine rings is 3. The molecule has 0 amide bonds. The van der Waals surface area contributed by atoms with Crippen molar-refractivity contribution < 1.29 is 29.0 Å². The zero-order valence-corrected chi connectivity index (χ0v) is 43.6. The molecule has 1 atom stereocenters. The van der Waals surface area contributed by atoms with Gasteiger partial charge in [-0.1, -0.05) is 178 Å². The standard InChI is InChI=1S/C30H20N2.C26H20N2.C9H7NO.CH5BP.CH4.Li/c1-5-16-27-23(12-1)24-13-2-6-17-28(24)31(27)21-10-9-11-22(20-21)32-29-18-7-3-14-25(29)26-15-4-8-19-30(26)32;1-17-15-23(19-9-5-3-6-10-19)21-13-14-22-24(20-11-7-4-8-12-20)16-18(2)28-26(22)25(21)27-17;11-8-5-1-3-7-4-2-6-10-9(7)8;1-2-3;;/h1-20H;3-16H,1-2H3;1-6,11H;3H2,1H3;1H4;/q;;;;;+1. The van der Waals surface area contributed by atoms with Crippen LogP contribution in [-0.4, -0.2) is 26.1 Å². The minimum absolute atomic E-state index is 0. The maximum atomic E-state index is 11.1. The number of benzene rings is 9. The molecule has 9 aromatic carbocycles. The van der Waals surface area contributed by atoms with Crippen LogP contribution in [0.1, 0.15) is 18.8 Å². The van der Waals surface area contributed by atoms with E-state index in [1.807, 2.05) is 44.2 Å². The number of H-pyrrole nitrogens is 1. The summed E-state index contributed by atoms with van der Waals surface area (Å²) in [5, 5.41) is 19.5. The summed E-state index contributed by atoms with van der Waals surface area (Å²) >= 11 is 0. The number of para-hydroxylation sites is 5. The third kappa shape index (κ3) is 10.3. The van der Waals surface area contributed by atoms with Gasteiger partial charge in [0.05, 0.1) is 33.1 Å². The Hall–Kier alpha value is -8.30. The molecule has 6 nitrogen and oxygen atoms in total. The predicted octanol–water partition coefficient (Wildman–Crippen LogP) is 13.5. The van der Waals surface area contributed by atoms with Gasteiger partial charge in [0.1, 0.15) is 7.00 Å². The van der Waals surface area contributed by atoms with E-state index in [1.165, 1.54) is 77.2 Å². The van der Waals surface area contributed by atoms with E-state index in [4.69, 9.17) is 9.97 Å². The summed E-state index contributed by atoms with van der Waals surface area (Å²) in [7, 11) is 2.45. The van der Waals surface area contributed by atoms with E-state index in [-0.39, 0.29) is 32.0 Å². The molecule has 0 aliphatic rings. The third-order valence-corrected chi connectivity index (χ3v) is 13.3. The first kappa shape index (κ1) is 52.6. The number of rotatable bonds is 4. The summed E-state index contributed by atoms with van der Waals surface area (Å²) < 4.78 is 4.75. The molecule has 0 saturated heterocycles. The van der Waals surface area contributed by atoms with Gasteiger partial charge in [0.15, 0.2) is 6.20 Å². The van der Waals surface area contributed by atoms with Crippen LogP contribution in [-0.2, 0) is 0 Å². The van der Waals surface area contributed by atoms with Gasteiger partial charge in [0, 0.05) is 66.5 Å². The maximum absolute atomic E-state index is 11.1. The molecule has 14 aromatic rings. The first-order chi connectivity index (χ1) is 36.4. The molecular weight excluding hydrogens is 939 g/mol. The number of nitrogens with one attached hydrogen (secondary N) is 1. The van der Waals surface area contributed by atoms with Crippen molar-refractivity contribution in [1.82, 2.24) is 19.1 Å². The van der Waals surface area contributed by atoms with Crippen molar-refractivity contribution in [2.45, 2.75) is 28.1 Å². The minimum atomic E-state index is 0. The molecule has 1 unspecified atom stereocenters. The number of nitrogens with zero attached hydrogens (tertiary/aromatic N) is 4.